The lowest BCUT2D eigenvalue weighted by Gasteiger charge is -2.12. The molecule has 2 atom stereocenters. The Hall–Kier alpha value is -1.26. The number of urea groups is 1. The van der Waals surface area contributed by atoms with Crippen molar-refractivity contribution < 1.29 is 14.7 Å². The third-order valence-electron chi connectivity index (χ3n) is 3.53. The van der Waals surface area contributed by atoms with Crippen molar-refractivity contribution in [2.75, 3.05) is 13.1 Å². The number of hydrogen-bond donors (Lipinski definition) is 3. The highest BCUT2D eigenvalue weighted by molar-refractivity contribution is 5.73. The van der Waals surface area contributed by atoms with Crippen LogP contribution in [0.3, 0.4) is 0 Å². The molecule has 1 rings (SSSR count). The lowest BCUT2D eigenvalue weighted by molar-refractivity contribution is -0.141. The van der Waals surface area contributed by atoms with Gasteiger partial charge in [-0.25, -0.2) is 4.79 Å². The summed E-state index contributed by atoms with van der Waals surface area (Å²) >= 11 is 0. The average molecular weight is 256 g/mol. The molecule has 5 nitrogen and oxygen atoms in total. The molecule has 3 N–H and O–H groups in total. The molecule has 0 radical (unpaired) electrons. The Morgan fingerprint density at radius 1 is 1.28 bits per heavy atom. The molecule has 1 aliphatic rings. The summed E-state index contributed by atoms with van der Waals surface area (Å²) in [6.45, 7) is 5.09. The average Bonchev–Trinajstić information content (AvgIpc) is 3.15. The van der Waals surface area contributed by atoms with Gasteiger partial charge in [-0.15, -0.1) is 0 Å². The molecule has 1 aliphatic carbocycles. The zero-order chi connectivity index (χ0) is 13.5. The molecule has 0 aromatic rings. The maximum absolute atomic E-state index is 11.4. The molecule has 0 bridgehead atoms. The van der Waals surface area contributed by atoms with Crippen LogP contribution in [0.1, 0.15) is 39.5 Å². The van der Waals surface area contributed by atoms with Gasteiger partial charge in [0.1, 0.15) is 0 Å². The Balaban J connectivity index is 1.97. The second-order valence-corrected chi connectivity index (χ2v) is 5.33. The van der Waals surface area contributed by atoms with E-state index < -0.39 is 5.97 Å². The van der Waals surface area contributed by atoms with Crippen LogP contribution in [-0.2, 0) is 4.79 Å². The van der Waals surface area contributed by atoms with Crippen molar-refractivity contribution in [3.63, 3.8) is 0 Å². The van der Waals surface area contributed by atoms with Crippen LogP contribution in [0.25, 0.3) is 0 Å². The molecule has 2 amide bonds. The standard InChI is InChI=1S/C13H24N2O3/c1-9(12(16)17)4-3-7-14-13(18)15-8-10(2)11-5-6-11/h9-11H,3-8H2,1-2H3,(H,16,17)(H2,14,15,18). The number of rotatable bonds is 8. The molecule has 5 heteroatoms. The van der Waals surface area contributed by atoms with Gasteiger partial charge in [-0.2, -0.15) is 0 Å². The monoisotopic (exact) mass is 256 g/mol. The highest BCUT2D eigenvalue weighted by Gasteiger charge is 2.27. The van der Waals surface area contributed by atoms with E-state index in [2.05, 4.69) is 17.6 Å². The van der Waals surface area contributed by atoms with E-state index in [4.69, 9.17) is 5.11 Å². The number of carboxylic acids is 1. The van der Waals surface area contributed by atoms with Crippen molar-refractivity contribution in [3.05, 3.63) is 0 Å². The largest absolute Gasteiger partial charge is 0.481 e. The molecule has 1 saturated carbocycles. The molecule has 0 aromatic carbocycles. The van der Waals surface area contributed by atoms with Gasteiger partial charge in [0.25, 0.3) is 0 Å². The Morgan fingerprint density at radius 3 is 2.50 bits per heavy atom. The number of nitrogens with one attached hydrogen (secondary N) is 2. The quantitative estimate of drug-likeness (QED) is 0.580. The molecular weight excluding hydrogens is 232 g/mol. The second-order valence-electron chi connectivity index (χ2n) is 5.33. The van der Waals surface area contributed by atoms with E-state index in [9.17, 15) is 9.59 Å². The Bertz CT molecular complexity index is 290. The SMILES string of the molecule is CC(CCCNC(=O)NCC(C)C1CC1)C(=O)O. The minimum atomic E-state index is -0.780. The van der Waals surface area contributed by atoms with Gasteiger partial charge in [-0.1, -0.05) is 13.8 Å². The van der Waals surface area contributed by atoms with Crippen molar-refractivity contribution in [1.82, 2.24) is 10.6 Å². The zero-order valence-electron chi connectivity index (χ0n) is 11.2. The fourth-order valence-corrected chi connectivity index (χ4v) is 1.88. The van der Waals surface area contributed by atoms with Crippen LogP contribution in [0.15, 0.2) is 0 Å². The molecular formula is C13H24N2O3. The van der Waals surface area contributed by atoms with Gasteiger partial charge < -0.3 is 15.7 Å². The maximum atomic E-state index is 11.4. The Morgan fingerprint density at radius 2 is 1.94 bits per heavy atom. The normalized spacial score (nSPS) is 17.9. The van der Waals surface area contributed by atoms with Crippen LogP contribution >= 0.6 is 0 Å². The van der Waals surface area contributed by atoms with Crippen LogP contribution in [-0.4, -0.2) is 30.2 Å². The van der Waals surface area contributed by atoms with Gasteiger partial charge in [0.2, 0.25) is 0 Å². The second kappa shape index (κ2) is 7.24. The molecule has 2 unspecified atom stereocenters. The van der Waals surface area contributed by atoms with E-state index >= 15 is 0 Å². The number of aliphatic carboxylic acids is 1. The van der Waals surface area contributed by atoms with Crippen molar-refractivity contribution in [1.29, 1.82) is 0 Å². The maximum Gasteiger partial charge on any atom is 0.314 e. The van der Waals surface area contributed by atoms with Crippen molar-refractivity contribution >= 4 is 12.0 Å². The fourth-order valence-electron chi connectivity index (χ4n) is 1.88. The zero-order valence-corrected chi connectivity index (χ0v) is 11.2. The molecule has 0 saturated heterocycles. The Labute approximate surface area is 108 Å². The molecule has 104 valence electrons. The van der Waals surface area contributed by atoms with Crippen molar-refractivity contribution in [2.45, 2.75) is 39.5 Å². The van der Waals surface area contributed by atoms with Gasteiger partial charge in [-0.05, 0) is 37.5 Å². The van der Waals surface area contributed by atoms with Crippen LogP contribution in [0.2, 0.25) is 0 Å². The highest BCUT2D eigenvalue weighted by Crippen LogP contribution is 2.35. The highest BCUT2D eigenvalue weighted by atomic mass is 16.4. The van der Waals surface area contributed by atoms with Crippen LogP contribution < -0.4 is 10.6 Å². The van der Waals surface area contributed by atoms with E-state index in [-0.39, 0.29) is 11.9 Å². The summed E-state index contributed by atoms with van der Waals surface area (Å²) in [6.07, 6.45) is 3.86. The summed E-state index contributed by atoms with van der Waals surface area (Å²) in [4.78, 5) is 22.0. The summed E-state index contributed by atoms with van der Waals surface area (Å²) < 4.78 is 0. The minimum Gasteiger partial charge on any atom is -0.481 e. The summed E-state index contributed by atoms with van der Waals surface area (Å²) in [5.74, 6) is 0.229. The van der Waals surface area contributed by atoms with Gasteiger partial charge in [0.15, 0.2) is 0 Å². The smallest absolute Gasteiger partial charge is 0.314 e. The first-order valence-corrected chi connectivity index (χ1v) is 6.75. The van der Waals surface area contributed by atoms with Gasteiger partial charge in [-0.3, -0.25) is 4.79 Å². The van der Waals surface area contributed by atoms with E-state index in [0.717, 1.165) is 12.5 Å². The number of carbonyl (C=O) groups is 2. The Kier molecular flexibility index (Phi) is 5.95. The molecule has 0 spiro atoms. The lowest BCUT2D eigenvalue weighted by atomic mass is 10.1. The lowest BCUT2D eigenvalue weighted by Crippen LogP contribution is -2.38. The number of hydrogen-bond acceptors (Lipinski definition) is 2. The summed E-state index contributed by atoms with van der Waals surface area (Å²) in [7, 11) is 0. The van der Waals surface area contributed by atoms with E-state index in [1.165, 1.54) is 12.8 Å². The van der Waals surface area contributed by atoms with E-state index in [0.29, 0.717) is 25.3 Å². The van der Waals surface area contributed by atoms with Crippen molar-refractivity contribution in [3.8, 4) is 0 Å². The third-order valence-corrected chi connectivity index (χ3v) is 3.53. The number of amides is 2. The van der Waals surface area contributed by atoms with Gasteiger partial charge in [0.05, 0.1) is 5.92 Å². The fraction of sp³-hybridized carbons (Fsp3) is 0.846. The molecule has 0 aliphatic heterocycles. The minimum absolute atomic E-state index is 0.148. The predicted octanol–water partition coefficient (Wildman–Crippen LogP) is 1.83. The van der Waals surface area contributed by atoms with Gasteiger partial charge >= 0.3 is 12.0 Å². The third kappa shape index (κ3) is 5.89. The first-order chi connectivity index (χ1) is 8.50. The molecule has 1 fully saturated rings. The summed E-state index contributed by atoms with van der Waals surface area (Å²) in [5.41, 5.74) is 0. The summed E-state index contributed by atoms with van der Waals surface area (Å²) in [6, 6.07) is -0.148. The van der Waals surface area contributed by atoms with E-state index in [1.807, 2.05) is 0 Å². The van der Waals surface area contributed by atoms with Crippen LogP contribution in [0.4, 0.5) is 4.79 Å². The molecule has 18 heavy (non-hydrogen) atoms. The topological polar surface area (TPSA) is 78.4 Å². The van der Waals surface area contributed by atoms with Gasteiger partial charge in [0, 0.05) is 13.1 Å². The number of carboxylic acid groups (broad SMARTS) is 1. The first kappa shape index (κ1) is 14.8. The first-order valence-electron chi connectivity index (χ1n) is 6.75. The predicted molar refractivity (Wildman–Crippen MR) is 69.3 cm³/mol. The van der Waals surface area contributed by atoms with E-state index in [1.54, 1.807) is 6.92 Å². The molecule has 0 aromatic heterocycles. The summed E-state index contributed by atoms with van der Waals surface area (Å²) in [5, 5.41) is 14.3. The van der Waals surface area contributed by atoms with Crippen LogP contribution in [0, 0.1) is 17.8 Å². The van der Waals surface area contributed by atoms with Crippen molar-refractivity contribution in [2.24, 2.45) is 17.8 Å². The number of carbonyl (C=O) groups excluding carboxylic acids is 1. The van der Waals surface area contributed by atoms with Crippen LogP contribution in [0.5, 0.6) is 0 Å². The molecule has 0 heterocycles.